The lowest BCUT2D eigenvalue weighted by molar-refractivity contribution is -0.125. The average Bonchev–Trinajstić information content (AvgIpc) is 3.39. The highest BCUT2D eigenvalue weighted by atomic mass is 32.2. The van der Waals surface area contributed by atoms with E-state index in [-0.39, 0.29) is 16.7 Å². The predicted molar refractivity (Wildman–Crippen MR) is 129 cm³/mol. The van der Waals surface area contributed by atoms with Gasteiger partial charge in [0.25, 0.3) is 5.91 Å². The van der Waals surface area contributed by atoms with Crippen molar-refractivity contribution in [2.45, 2.75) is 41.8 Å². The number of nitrogens with one attached hydrogen (secondary N) is 2. The summed E-state index contributed by atoms with van der Waals surface area (Å²) in [4.78, 5) is 35.1. The minimum Gasteiger partial charge on any atom is -0.352 e. The molecule has 1 aromatic carbocycles. The monoisotopic (exact) mass is 499 g/mol. The SMILES string of the molecule is CCc1ccccc1S(=O)(=O)c1ccc(-c2ccnc(NCCN3C(=O)NC(=O)C3(C)C)n2)s1. The first-order valence-electron chi connectivity index (χ1n) is 10.8. The number of thiophene rings is 1. The van der Waals surface area contributed by atoms with Crippen LogP contribution in [0, 0.1) is 0 Å². The molecule has 34 heavy (non-hydrogen) atoms. The first-order chi connectivity index (χ1) is 16.1. The second-order valence-corrected chi connectivity index (χ2v) is 11.5. The fraction of sp³-hybridized carbons (Fsp3) is 0.304. The fourth-order valence-electron chi connectivity index (χ4n) is 3.70. The number of imide groups is 1. The van der Waals surface area contributed by atoms with Crippen molar-refractivity contribution in [3.8, 4) is 10.6 Å². The lowest BCUT2D eigenvalue weighted by Crippen LogP contribution is -2.46. The second-order valence-electron chi connectivity index (χ2n) is 8.25. The molecular weight excluding hydrogens is 474 g/mol. The summed E-state index contributed by atoms with van der Waals surface area (Å²) in [6.45, 7) is 5.93. The van der Waals surface area contributed by atoms with Gasteiger partial charge in [0.1, 0.15) is 9.75 Å². The molecule has 0 saturated carbocycles. The third-order valence-corrected chi connectivity index (χ3v) is 9.17. The Morgan fingerprint density at radius 2 is 1.88 bits per heavy atom. The maximum absolute atomic E-state index is 13.2. The van der Waals surface area contributed by atoms with Gasteiger partial charge in [-0.05, 0) is 50.1 Å². The molecule has 11 heteroatoms. The van der Waals surface area contributed by atoms with Gasteiger partial charge in [-0.25, -0.2) is 23.2 Å². The standard InChI is InChI=1S/C23H25N5O4S2/c1-4-15-7-5-6-8-18(15)34(31,32)19-10-9-17(33-19)16-11-12-24-21(26-16)25-13-14-28-22(30)27-20(29)23(28,2)3/h5-12H,4,13-14H2,1-3H3,(H,24,25,26)(H,27,29,30). The Morgan fingerprint density at radius 3 is 2.59 bits per heavy atom. The molecule has 0 atom stereocenters. The van der Waals surface area contributed by atoms with Crippen molar-refractivity contribution in [3.05, 3.63) is 54.2 Å². The molecular formula is C23H25N5O4S2. The summed E-state index contributed by atoms with van der Waals surface area (Å²) in [6, 6.07) is 11.6. The van der Waals surface area contributed by atoms with E-state index in [1.54, 1.807) is 50.4 Å². The minimum atomic E-state index is -3.63. The van der Waals surface area contributed by atoms with Crippen LogP contribution >= 0.6 is 11.3 Å². The normalized spacial score (nSPS) is 15.4. The number of sulfone groups is 1. The lowest BCUT2D eigenvalue weighted by Gasteiger charge is -2.27. The molecule has 0 unspecified atom stereocenters. The quantitative estimate of drug-likeness (QED) is 0.456. The van der Waals surface area contributed by atoms with Crippen LogP contribution in [-0.4, -0.2) is 53.9 Å². The molecule has 178 valence electrons. The molecule has 9 nitrogen and oxygen atoms in total. The van der Waals surface area contributed by atoms with Gasteiger partial charge in [0.2, 0.25) is 15.8 Å². The van der Waals surface area contributed by atoms with Crippen LogP contribution in [-0.2, 0) is 21.1 Å². The molecule has 3 amide bonds. The maximum Gasteiger partial charge on any atom is 0.325 e. The highest BCUT2D eigenvalue weighted by Crippen LogP contribution is 2.34. The van der Waals surface area contributed by atoms with Crippen molar-refractivity contribution >= 4 is 39.1 Å². The minimum absolute atomic E-state index is 0.253. The van der Waals surface area contributed by atoms with E-state index < -0.39 is 21.4 Å². The molecule has 2 aromatic heterocycles. The van der Waals surface area contributed by atoms with Gasteiger partial charge in [-0.1, -0.05) is 25.1 Å². The number of carbonyl (C=O) groups is 2. The Balaban J connectivity index is 1.49. The first-order valence-corrected chi connectivity index (χ1v) is 13.1. The molecule has 3 heterocycles. The van der Waals surface area contributed by atoms with E-state index in [1.807, 2.05) is 19.1 Å². The van der Waals surface area contributed by atoms with Crippen molar-refractivity contribution in [1.29, 1.82) is 0 Å². The Hall–Kier alpha value is -3.31. The Bertz CT molecular complexity index is 1350. The highest BCUT2D eigenvalue weighted by Gasteiger charge is 2.45. The lowest BCUT2D eigenvalue weighted by atomic mass is 10.0. The second kappa shape index (κ2) is 9.15. The molecule has 0 radical (unpaired) electrons. The number of hydrogen-bond acceptors (Lipinski definition) is 8. The number of amides is 3. The van der Waals surface area contributed by atoms with Gasteiger partial charge in [0, 0.05) is 19.3 Å². The number of nitrogens with zero attached hydrogens (tertiary/aromatic N) is 3. The van der Waals surface area contributed by atoms with Gasteiger partial charge in [-0.15, -0.1) is 11.3 Å². The number of benzene rings is 1. The van der Waals surface area contributed by atoms with Crippen LogP contribution < -0.4 is 10.6 Å². The summed E-state index contributed by atoms with van der Waals surface area (Å²) in [7, 11) is -3.63. The van der Waals surface area contributed by atoms with E-state index in [4.69, 9.17) is 0 Å². The van der Waals surface area contributed by atoms with E-state index >= 15 is 0 Å². The molecule has 1 saturated heterocycles. The van der Waals surface area contributed by atoms with Crippen molar-refractivity contribution in [3.63, 3.8) is 0 Å². The molecule has 3 aromatic rings. The van der Waals surface area contributed by atoms with Crippen LogP contribution in [0.4, 0.5) is 10.7 Å². The van der Waals surface area contributed by atoms with E-state index in [0.717, 1.165) is 16.9 Å². The third kappa shape index (κ3) is 4.40. The molecule has 1 aliphatic heterocycles. The van der Waals surface area contributed by atoms with Crippen molar-refractivity contribution in [2.24, 2.45) is 0 Å². The average molecular weight is 500 g/mol. The topological polar surface area (TPSA) is 121 Å². The predicted octanol–water partition coefficient (Wildman–Crippen LogP) is 3.34. The van der Waals surface area contributed by atoms with E-state index in [2.05, 4.69) is 20.6 Å². The van der Waals surface area contributed by atoms with Crippen LogP contribution in [0.15, 0.2) is 57.8 Å². The summed E-state index contributed by atoms with van der Waals surface area (Å²) in [5.74, 6) is 0.0103. The van der Waals surface area contributed by atoms with Gasteiger partial charge in [-0.2, -0.15) is 0 Å². The summed E-state index contributed by atoms with van der Waals surface area (Å²) in [5.41, 5.74) is 0.446. The van der Waals surface area contributed by atoms with Gasteiger partial charge < -0.3 is 10.2 Å². The highest BCUT2D eigenvalue weighted by molar-refractivity contribution is 7.93. The van der Waals surface area contributed by atoms with E-state index in [1.165, 1.54) is 4.90 Å². The number of carbonyl (C=O) groups excluding carboxylic acids is 2. The largest absolute Gasteiger partial charge is 0.352 e. The van der Waals surface area contributed by atoms with E-state index in [9.17, 15) is 18.0 Å². The summed E-state index contributed by atoms with van der Waals surface area (Å²) in [6.07, 6.45) is 2.21. The Morgan fingerprint density at radius 1 is 1.12 bits per heavy atom. The fourth-order valence-corrected chi connectivity index (χ4v) is 6.67. The molecule has 1 aliphatic rings. The van der Waals surface area contributed by atoms with Crippen molar-refractivity contribution in [2.75, 3.05) is 18.4 Å². The Labute approximate surface area is 202 Å². The van der Waals surface area contributed by atoms with Crippen LogP contribution in [0.5, 0.6) is 0 Å². The molecule has 0 bridgehead atoms. The third-order valence-electron chi connectivity index (χ3n) is 5.71. The van der Waals surface area contributed by atoms with Crippen LogP contribution in [0.25, 0.3) is 10.6 Å². The zero-order valence-corrected chi connectivity index (χ0v) is 20.7. The van der Waals surface area contributed by atoms with E-state index in [0.29, 0.717) is 34.4 Å². The van der Waals surface area contributed by atoms with Crippen LogP contribution in [0.3, 0.4) is 0 Å². The molecule has 0 aliphatic carbocycles. The first kappa shape index (κ1) is 23.8. The number of anilines is 1. The van der Waals surface area contributed by atoms with Gasteiger partial charge >= 0.3 is 6.03 Å². The maximum atomic E-state index is 13.2. The summed E-state index contributed by atoms with van der Waals surface area (Å²) >= 11 is 1.16. The smallest absolute Gasteiger partial charge is 0.325 e. The van der Waals surface area contributed by atoms with Gasteiger partial charge in [-0.3, -0.25) is 10.1 Å². The molecule has 2 N–H and O–H groups in total. The number of aromatic nitrogens is 2. The molecule has 0 spiro atoms. The van der Waals surface area contributed by atoms with Crippen molar-refractivity contribution in [1.82, 2.24) is 20.2 Å². The zero-order chi connectivity index (χ0) is 24.5. The van der Waals surface area contributed by atoms with Gasteiger partial charge in [0.05, 0.1) is 15.5 Å². The number of rotatable bonds is 8. The molecule has 1 fully saturated rings. The summed E-state index contributed by atoms with van der Waals surface area (Å²) < 4.78 is 26.7. The Kier molecular flexibility index (Phi) is 6.41. The summed E-state index contributed by atoms with van der Waals surface area (Å²) in [5, 5.41) is 5.38. The van der Waals surface area contributed by atoms with Gasteiger partial charge in [0.15, 0.2) is 0 Å². The number of hydrogen-bond donors (Lipinski definition) is 2. The van der Waals surface area contributed by atoms with Crippen LogP contribution in [0.1, 0.15) is 26.3 Å². The number of aryl methyl sites for hydroxylation is 1. The number of urea groups is 1. The zero-order valence-electron chi connectivity index (χ0n) is 19.0. The van der Waals surface area contributed by atoms with Crippen molar-refractivity contribution < 1.29 is 18.0 Å². The molecule has 4 rings (SSSR count). The van der Waals surface area contributed by atoms with Crippen LogP contribution in [0.2, 0.25) is 0 Å².